The van der Waals surface area contributed by atoms with Gasteiger partial charge < -0.3 is 9.84 Å². The molecule has 15 heavy (non-hydrogen) atoms. The molecular formula is C12H15ClO2. The minimum atomic E-state index is -0.751. The number of hydrogen-bond donors (Lipinski definition) is 1. The zero-order valence-electron chi connectivity index (χ0n) is 9.22. The Hall–Kier alpha value is -0.730. The minimum Gasteiger partial charge on any atom is -0.496 e. The van der Waals surface area contributed by atoms with Crippen molar-refractivity contribution in [2.75, 3.05) is 7.11 Å². The molecule has 1 saturated carbocycles. The number of ether oxygens (including phenoxy) is 1. The van der Waals surface area contributed by atoms with Crippen LogP contribution in [0.2, 0.25) is 5.02 Å². The third-order valence-electron chi connectivity index (χ3n) is 2.98. The fourth-order valence-electron chi connectivity index (χ4n) is 1.99. The van der Waals surface area contributed by atoms with Gasteiger partial charge in [-0.2, -0.15) is 0 Å². The van der Waals surface area contributed by atoms with Crippen LogP contribution in [0.5, 0.6) is 5.75 Å². The van der Waals surface area contributed by atoms with Gasteiger partial charge in [-0.3, -0.25) is 0 Å². The zero-order valence-corrected chi connectivity index (χ0v) is 9.98. The van der Waals surface area contributed by atoms with Crippen molar-refractivity contribution in [3.63, 3.8) is 0 Å². The van der Waals surface area contributed by atoms with Crippen LogP contribution in [0.4, 0.5) is 0 Å². The van der Waals surface area contributed by atoms with E-state index < -0.39 is 5.60 Å². The van der Waals surface area contributed by atoms with Crippen LogP contribution in [0.3, 0.4) is 0 Å². The fraction of sp³-hybridized carbons (Fsp3) is 0.500. The van der Waals surface area contributed by atoms with Crippen LogP contribution in [-0.2, 0) is 5.60 Å². The lowest BCUT2D eigenvalue weighted by Crippen LogP contribution is -2.09. The normalized spacial score (nSPS) is 17.7. The summed E-state index contributed by atoms with van der Waals surface area (Å²) < 4.78 is 5.33. The highest BCUT2D eigenvalue weighted by atomic mass is 35.5. The van der Waals surface area contributed by atoms with Crippen LogP contribution in [0, 0.1) is 13.8 Å². The molecule has 0 saturated heterocycles. The Morgan fingerprint density at radius 1 is 1.33 bits per heavy atom. The van der Waals surface area contributed by atoms with Gasteiger partial charge in [0.15, 0.2) is 0 Å². The standard InChI is InChI=1S/C12H15ClO2/c1-7-6-8(2)11(15-3)9(10(7)13)12(14)4-5-12/h6,14H,4-5H2,1-3H3. The fourth-order valence-corrected chi connectivity index (χ4v) is 2.31. The molecule has 0 aliphatic heterocycles. The molecule has 1 aromatic rings. The second kappa shape index (κ2) is 3.39. The van der Waals surface area contributed by atoms with Crippen molar-refractivity contribution < 1.29 is 9.84 Å². The molecule has 82 valence electrons. The molecule has 3 heteroatoms. The molecule has 1 fully saturated rings. The Kier molecular flexibility index (Phi) is 2.44. The molecule has 1 N–H and O–H groups in total. The predicted octanol–water partition coefficient (Wildman–Crippen LogP) is 2.95. The van der Waals surface area contributed by atoms with Crippen molar-refractivity contribution in [1.82, 2.24) is 0 Å². The summed E-state index contributed by atoms with van der Waals surface area (Å²) in [5.41, 5.74) is 2.03. The highest BCUT2D eigenvalue weighted by Crippen LogP contribution is 2.52. The van der Waals surface area contributed by atoms with Gasteiger partial charge in [-0.05, 0) is 37.8 Å². The van der Waals surface area contributed by atoms with Crippen molar-refractivity contribution in [3.8, 4) is 5.75 Å². The summed E-state index contributed by atoms with van der Waals surface area (Å²) in [6, 6.07) is 1.98. The first kappa shape index (κ1) is 10.8. The van der Waals surface area contributed by atoms with E-state index in [0.29, 0.717) is 5.02 Å². The van der Waals surface area contributed by atoms with Crippen LogP contribution in [0.15, 0.2) is 6.07 Å². The molecule has 2 nitrogen and oxygen atoms in total. The van der Waals surface area contributed by atoms with Gasteiger partial charge in [0.2, 0.25) is 0 Å². The summed E-state index contributed by atoms with van der Waals surface area (Å²) in [5.74, 6) is 0.727. The molecule has 1 aliphatic carbocycles. The van der Waals surface area contributed by atoms with Crippen LogP contribution < -0.4 is 4.74 Å². The lowest BCUT2D eigenvalue weighted by Gasteiger charge is -2.19. The van der Waals surface area contributed by atoms with E-state index >= 15 is 0 Å². The number of halogens is 1. The Balaban J connectivity index is 2.68. The van der Waals surface area contributed by atoms with Crippen molar-refractivity contribution >= 4 is 11.6 Å². The maximum absolute atomic E-state index is 10.2. The predicted molar refractivity (Wildman–Crippen MR) is 60.6 cm³/mol. The lowest BCUT2D eigenvalue weighted by molar-refractivity contribution is 0.147. The molecule has 0 spiro atoms. The number of hydrogen-bond acceptors (Lipinski definition) is 2. The second-order valence-electron chi connectivity index (χ2n) is 4.26. The van der Waals surface area contributed by atoms with Gasteiger partial charge in [0, 0.05) is 5.56 Å². The third-order valence-corrected chi connectivity index (χ3v) is 3.46. The summed E-state index contributed by atoms with van der Waals surface area (Å²) in [6.45, 7) is 3.92. The monoisotopic (exact) mass is 226 g/mol. The molecule has 1 aliphatic rings. The quantitative estimate of drug-likeness (QED) is 0.840. The zero-order chi connectivity index (χ0) is 11.2. The topological polar surface area (TPSA) is 29.5 Å². The Labute approximate surface area is 94.8 Å². The number of benzene rings is 1. The van der Waals surface area contributed by atoms with E-state index in [4.69, 9.17) is 16.3 Å². The summed E-state index contributed by atoms with van der Waals surface area (Å²) in [4.78, 5) is 0. The smallest absolute Gasteiger partial charge is 0.129 e. The second-order valence-corrected chi connectivity index (χ2v) is 4.64. The van der Waals surface area contributed by atoms with E-state index in [1.807, 2.05) is 19.9 Å². The van der Waals surface area contributed by atoms with Crippen molar-refractivity contribution in [2.45, 2.75) is 32.3 Å². The summed E-state index contributed by atoms with van der Waals surface area (Å²) in [6.07, 6.45) is 1.54. The van der Waals surface area contributed by atoms with E-state index in [9.17, 15) is 5.11 Å². The first-order valence-corrected chi connectivity index (χ1v) is 5.44. The molecule has 0 amide bonds. The number of aliphatic hydroxyl groups is 1. The third kappa shape index (κ3) is 1.62. The number of rotatable bonds is 2. The van der Waals surface area contributed by atoms with Crippen LogP contribution in [0.1, 0.15) is 29.5 Å². The average molecular weight is 227 g/mol. The van der Waals surface area contributed by atoms with E-state index in [1.54, 1.807) is 7.11 Å². The van der Waals surface area contributed by atoms with Crippen molar-refractivity contribution in [2.24, 2.45) is 0 Å². The molecule has 0 unspecified atom stereocenters. The Bertz CT molecular complexity index is 409. The maximum Gasteiger partial charge on any atom is 0.129 e. The van der Waals surface area contributed by atoms with E-state index in [2.05, 4.69) is 0 Å². The minimum absolute atomic E-state index is 0.637. The molecule has 0 radical (unpaired) electrons. The molecule has 2 rings (SSSR count). The highest BCUT2D eigenvalue weighted by molar-refractivity contribution is 6.32. The Morgan fingerprint density at radius 3 is 2.40 bits per heavy atom. The van der Waals surface area contributed by atoms with Gasteiger partial charge in [-0.1, -0.05) is 17.7 Å². The number of aryl methyl sites for hydroxylation is 2. The Morgan fingerprint density at radius 2 is 1.93 bits per heavy atom. The maximum atomic E-state index is 10.2. The van der Waals surface area contributed by atoms with Crippen LogP contribution >= 0.6 is 11.6 Å². The van der Waals surface area contributed by atoms with Crippen LogP contribution in [-0.4, -0.2) is 12.2 Å². The average Bonchev–Trinajstić information content (AvgIpc) is 2.90. The van der Waals surface area contributed by atoms with Gasteiger partial charge in [0.1, 0.15) is 5.75 Å². The number of methoxy groups -OCH3 is 1. The largest absolute Gasteiger partial charge is 0.496 e. The molecule has 0 heterocycles. The van der Waals surface area contributed by atoms with E-state index in [1.165, 1.54) is 0 Å². The SMILES string of the molecule is COc1c(C)cc(C)c(Cl)c1C1(O)CC1. The summed E-state index contributed by atoms with van der Waals surface area (Å²) in [5, 5.41) is 10.8. The molecule has 1 aromatic carbocycles. The van der Waals surface area contributed by atoms with E-state index in [-0.39, 0.29) is 0 Å². The molecular weight excluding hydrogens is 212 g/mol. The molecule has 0 atom stereocenters. The summed E-state index contributed by atoms with van der Waals surface area (Å²) in [7, 11) is 1.61. The molecule has 0 aromatic heterocycles. The molecule has 0 bridgehead atoms. The first-order chi connectivity index (χ1) is 6.99. The first-order valence-electron chi connectivity index (χ1n) is 5.06. The van der Waals surface area contributed by atoms with Gasteiger partial charge in [0.25, 0.3) is 0 Å². The van der Waals surface area contributed by atoms with Crippen molar-refractivity contribution in [1.29, 1.82) is 0 Å². The van der Waals surface area contributed by atoms with Crippen LogP contribution in [0.25, 0.3) is 0 Å². The highest BCUT2D eigenvalue weighted by Gasteiger charge is 2.46. The van der Waals surface area contributed by atoms with Gasteiger partial charge in [0.05, 0.1) is 17.7 Å². The van der Waals surface area contributed by atoms with Crippen molar-refractivity contribution in [3.05, 3.63) is 27.8 Å². The van der Waals surface area contributed by atoms with E-state index in [0.717, 1.165) is 35.3 Å². The van der Waals surface area contributed by atoms with Gasteiger partial charge in [-0.15, -0.1) is 0 Å². The lowest BCUT2D eigenvalue weighted by atomic mass is 9.99. The summed E-state index contributed by atoms with van der Waals surface area (Å²) >= 11 is 6.23. The van der Waals surface area contributed by atoms with Gasteiger partial charge >= 0.3 is 0 Å². The van der Waals surface area contributed by atoms with Gasteiger partial charge in [-0.25, -0.2) is 0 Å².